The third-order valence-corrected chi connectivity index (χ3v) is 5.16. The van der Waals surface area contributed by atoms with Crippen LogP contribution in [-0.4, -0.2) is 37.1 Å². The first kappa shape index (κ1) is 15.3. The van der Waals surface area contributed by atoms with E-state index in [1.54, 1.807) is 0 Å². The lowest BCUT2D eigenvalue weighted by Crippen LogP contribution is -2.45. The van der Waals surface area contributed by atoms with Crippen molar-refractivity contribution >= 4 is 0 Å². The molecule has 0 spiro atoms. The summed E-state index contributed by atoms with van der Waals surface area (Å²) in [5.74, 6) is 0.942. The molecule has 112 valence electrons. The molecule has 1 saturated heterocycles. The summed E-state index contributed by atoms with van der Waals surface area (Å²) in [6.07, 6.45) is 9.79. The van der Waals surface area contributed by atoms with Crippen LogP contribution in [0.3, 0.4) is 0 Å². The molecule has 2 nitrogen and oxygen atoms in total. The molecule has 1 aliphatic carbocycles. The van der Waals surface area contributed by atoms with E-state index in [0.29, 0.717) is 5.41 Å². The molecule has 0 aromatic rings. The molecule has 1 unspecified atom stereocenters. The van der Waals surface area contributed by atoms with Gasteiger partial charge in [0.15, 0.2) is 0 Å². The standard InChI is InChI=1S/C17H34N2/c1-4-12-19(14-15-7-10-18-11-8-15)16-6-5-9-17(2,3)13-16/h15-16,18H,4-14H2,1-3H3. The summed E-state index contributed by atoms with van der Waals surface area (Å²) in [6.45, 7) is 12.4. The number of nitrogens with zero attached hydrogens (tertiary/aromatic N) is 1. The van der Waals surface area contributed by atoms with E-state index in [-0.39, 0.29) is 0 Å². The lowest BCUT2D eigenvalue weighted by Gasteiger charge is -2.43. The number of nitrogens with one attached hydrogen (secondary N) is 1. The molecule has 0 aromatic carbocycles. The van der Waals surface area contributed by atoms with Gasteiger partial charge >= 0.3 is 0 Å². The number of hydrogen-bond acceptors (Lipinski definition) is 2. The average Bonchev–Trinajstić information content (AvgIpc) is 2.38. The molecular formula is C17H34N2. The van der Waals surface area contributed by atoms with Crippen LogP contribution in [0.25, 0.3) is 0 Å². The van der Waals surface area contributed by atoms with Crippen molar-refractivity contribution in [3.05, 3.63) is 0 Å². The summed E-state index contributed by atoms with van der Waals surface area (Å²) in [6, 6.07) is 0.860. The van der Waals surface area contributed by atoms with Gasteiger partial charge in [0.25, 0.3) is 0 Å². The quantitative estimate of drug-likeness (QED) is 0.817. The van der Waals surface area contributed by atoms with Gasteiger partial charge in [0, 0.05) is 12.6 Å². The van der Waals surface area contributed by atoms with Crippen molar-refractivity contribution in [1.29, 1.82) is 0 Å². The summed E-state index contributed by atoms with van der Waals surface area (Å²) in [7, 11) is 0. The molecule has 2 rings (SSSR count). The highest BCUT2D eigenvalue weighted by molar-refractivity contribution is 4.86. The van der Waals surface area contributed by atoms with E-state index in [9.17, 15) is 0 Å². The maximum absolute atomic E-state index is 3.49. The van der Waals surface area contributed by atoms with Crippen molar-refractivity contribution in [3.8, 4) is 0 Å². The van der Waals surface area contributed by atoms with Gasteiger partial charge in [-0.1, -0.05) is 27.2 Å². The van der Waals surface area contributed by atoms with Gasteiger partial charge in [0.2, 0.25) is 0 Å². The zero-order valence-electron chi connectivity index (χ0n) is 13.4. The monoisotopic (exact) mass is 266 g/mol. The van der Waals surface area contributed by atoms with E-state index >= 15 is 0 Å². The Bertz CT molecular complexity index is 256. The maximum atomic E-state index is 3.49. The second kappa shape index (κ2) is 7.08. The normalized spacial score (nSPS) is 28.7. The van der Waals surface area contributed by atoms with Crippen LogP contribution in [0.5, 0.6) is 0 Å². The van der Waals surface area contributed by atoms with E-state index in [4.69, 9.17) is 0 Å². The van der Waals surface area contributed by atoms with Crippen LogP contribution in [0, 0.1) is 11.3 Å². The lowest BCUT2D eigenvalue weighted by molar-refractivity contribution is 0.0760. The fraction of sp³-hybridized carbons (Fsp3) is 1.00. The SMILES string of the molecule is CCCN(CC1CCNCC1)C1CCCC(C)(C)C1. The van der Waals surface area contributed by atoms with Crippen LogP contribution in [-0.2, 0) is 0 Å². The van der Waals surface area contributed by atoms with Gasteiger partial charge in [-0.2, -0.15) is 0 Å². The highest BCUT2D eigenvalue weighted by Gasteiger charge is 2.32. The molecule has 1 heterocycles. The summed E-state index contributed by atoms with van der Waals surface area (Å²) < 4.78 is 0. The topological polar surface area (TPSA) is 15.3 Å². The van der Waals surface area contributed by atoms with Crippen LogP contribution in [0.4, 0.5) is 0 Å². The minimum atomic E-state index is 0.572. The largest absolute Gasteiger partial charge is 0.317 e. The van der Waals surface area contributed by atoms with Crippen molar-refractivity contribution in [2.45, 2.75) is 71.8 Å². The first-order valence-electron chi connectivity index (χ1n) is 8.55. The van der Waals surface area contributed by atoms with E-state index in [0.717, 1.165) is 12.0 Å². The van der Waals surface area contributed by atoms with Crippen molar-refractivity contribution in [2.75, 3.05) is 26.2 Å². The number of rotatable bonds is 5. The zero-order chi connectivity index (χ0) is 13.7. The fourth-order valence-corrected chi connectivity index (χ4v) is 4.08. The Labute approximate surface area is 120 Å². The van der Waals surface area contributed by atoms with Gasteiger partial charge in [0.1, 0.15) is 0 Å². The molecule has 2 aliphatic rings. The Kier molecular flexibility index (Phi) is 5.70. The Morgan fingerprint density at radius 2 is 1.89 bits per heavy atom. The molecule has 2 fully saturated rings. The van der Waals surface area contributed by atoms with E-state index in [1.807, 2.05) is 0 Å². The molecule has 0 amide bonds. The van der Waals surface area contributed by atoms with Gasteiger partial charge in [-0.05, 0) is 69.5 Å². The van der Waals surface area contributed by atoms with Gasteiger partial charge in [-0.25, -0.2) is 0 Å². The first-order chi connectivity index (χ1) is 9.11. The third-order valence-electron chi connectivity index (χ3n) is 5.16. The molecule has 1 atom stereocenters. The van der Waals surface area contributed by atoms with Crippen LogP contribution in [0.2, 0.25) is 0 Å². The summed E-state index contributed by atoms with van der Waals surface area (Å²) in [5.41, 5.74) is 0.572. The Balaban J connectivity index is 1.90. The Hall–Kier alpha value is -0.0800. The molecule has 1 N–H and O–H groups in total. The highest BCUT2D eigenvalue weighted by Crippen LogP contribution is 2.37. The van der Waals surface area contributed by atoms with E-state index < -0.39 is 0 Å². The molecule has 2 heteroatoms. The summed E-state index contributed by atoms with van der Waals surface area (Å²) in [5, 5.41) is 3.49. The lowest BCUT2D eigenvalue weighted by atomic mass is 9.74. The summed E-state index contributed by atoms with van der Waals surface area (Å²) >= 11 is 0. The minimum Gasteiger partial charge on any atom is -0.317 e. The van der Waals surface area contributed by atoms with Gasteiger partial charge < -0.3 is 10.2 Å². The average molecular weight is 266 g/mol. The van der Waals surface area contributed by atoms with Gasteiger partial charge in [-0.15, -0.1) is 0 Å². The predicted octanol–water partition coefficient (Wildman–Crippen LogP) is 3.67. The molecule has 19 heavy (non-hydrogen) atoms. The second-order valence-electron chi connectivity index (χ2n) is 7.60. The van der Waals surface area contributed by atoms with Crippen molar-refractivity contribution in [2.24, 2.45) is 11.3 Å². The van der Waals surface area contributed by atoms with Gasteiger partial charge in [-0.3, -0.25) is 0 Å². The molecule has 1 saturated carbocycles. The maximum Gasteiger partial charge on any atom is 0.0100 e. The summed E-state index contributed by atoms with van der Waals surface area (Å²) in [4.78, 5) is 2.84. The van der Waals surface area contributed by atoms with Crippen molar-refractivity contribution in [3.63, 3.8) is 0 Å². The Morgan fingerprint density at radius 3 is 2.53 bits per heavy atom. The van der Waals surface area contributed by atoms with Crippen LogP contribution in [0.1, 0.15) is 65.7 Å². The fourth-order valence-electron chi connectivity index (χ4n) is 4.08. The van der Waals surface area contributed by atoms with Crippen LogP contribution >= 0.6 is 0 Å². The van der Waals surface area contributed by atoms with E-state index in [2.05, 4.69) is 31.0 Å². The number of piperidine rings is 1. The highest BCUT2D eigenvalue weighted by atomic mass is 15.2. The van der Waals surface area contributed by atoms with Crippen molar-refractivity contribution in [1.82, 2.24) is 10.2 Å². The van der Waals surface area contributed by atoms with Crippen molar-refractivity contribution < 1.29 is 0 Å². The predicted molar refractivity (Wildman–Crippen MR) is 83.5 cm³/mol. The second-order valence-corrected chi connectivity index (χ2v) is 7.60. The molecule has 1 aliphatic heterocycles. The minimum absolute atomic E-state index is 0.572. The molecule has 0 aromatic heterocycles. The van der Waals surface area contributed by atoms with Gasteiger partial charge in [0.05, 0.1) is 0 Å². The third kappa shape index (κ3) is 4.75. The van der Waals surface area contributed by atoms with Crippen LogP contribution in [0.15, 0.2) is 0 Å². The smallest absolute Gasteiger partial charge is 0.0100 e. The first-order valence-corrected chi connectivity index (χ1v) is 8.55. The van der Waals surface area contributed by atoms with E-state index in [1.165, 1.54) is 71.1 Å². The zero-order valence-corrected chi connectivity index (χ0v) is 13.4. The Morgan fingerprint density at radius 1 is 1.16 bits per heavy atom. The molecule has 0 bridgehead atoms. The molecule has 0 radical (unpaired) electrons. The molecular weight excluding hydrogens is 232 g/mol. The van der Waals surface area contributed by atoms with Crippen LogP contribution < -0.4 is 5.32 Å². The number of hydrogen-bond donors (Lipinski definition) is 1.